The Bertz CT molecular complexity index is 1280. The summed E-state index contributed by atoms with van der Waals surface area (Å²) in [6.45, 7) is 0.218. The van der Waals surface area contributed by atoms with Crippen molar-refractivity contribution in [2.75, 3.05) is 14.1 Å². The molecule has 150 valence electrons. The lowest BCUT2D eigenvalue weighted by Gasteiger charge is -2.22. The van der Waals surface area contributed by atoms with E-state index in [1.54, 1.807) is 41.0 Å². The highest BCUT2D eigenvalue weighted by atomic mass is 32.2. The zero-order valence-electron chi connectivity index (χ0n) is 16.0. The summed E-state index contributed by atoms with van der Waals surface area (Å²) in [5.74, 6) is -0.784. The van der Waals surface area contributed by atoms with Gasteiger partial charge in [0.15, 0.2) is 0 Å². The molecule has 0 aliphatic carbocycles. The molecular formula is C20H20N4O4S. The highest BCUT2D eigenvalue weighted by Gasteiger charge is 2.28. The monoisotopic (exact) mass is 412 g/mol. The lowest BCUT2D eigenvalue weighted by Crippen LogP contribution is -2.30. The third-order valence-electron chi connectivity index (χ3n) is 5.09. The van der Waals surface area contributed by atoms with E-state index in [0.717, 1.165) is 9.69 Å². The number of carbonyl (C=O) groups is 2. The van der Waals surface area contributed by atoms with Crippen LogP contribution >= 0.6 is 0 Å². The number of fused-ring (bicyclic) bond motifs is 5. The molecule has 0 saturated heterocycles. The van der Waals surface area contributed by atoms with Crippen molar-refractivity contribution in [1.29, 1.82) is 0 Å². The van der Waals surface area contributed by atoms with Crippen LogP contribution in [0.25, 0.3) is 22.2 Å². The minimum atomic E-state index is -3.73. The SMILES string of the molecule is CN(C)S(=O)(=O)c1cccc2c1-c1cc3ccc(C(N)=O)cc3n1CC(=O)NC2. The van der Waals surface area contributed by atoms with Crippen LogP contribution in [-0.2, 0) is 27.9 Å². The molecule has 2 aromatic carbocycles. The highest BCUT2D eigenvalue weighted by molar-refractivity contribution is 7.89. The Morgan fingerprint density at radius 2 is 1.93 bits per heavy atom. The van der Waals surface area contributed by atoms with Crippen molar-refractivity contribution in [1.82, 2.24) is 14.2 Å². The second kappa shape index (κ2) is 6.71. The minimum absolute atomic E-state index is 0.00314. The van der Waals surface area contributed by atoms with E-state index in [0.29, 0.717) is 27.9 Å². The fourth-order valence-corrected chi connectivity index (χ4v) is 4.74. The van der Waals surface area contributed by atoms with Crippen LogP contribution in [0.3, 0.4) is 0 Å². The Morgan fingerprint density at radius 1 is 1.17 bits per heavy atom. The first-order valence-electron chi connectivity index (χ1n) is 8.94. The van der Waals surface area contributed by atoms with Crippen molar-refractivity contribution in [3.63, 3.8) is 0 Å². The van der Waals surface area contributed by atoms with Gasteiger partial charge in [-0.05, 0) is 29.8 Å². The van der Waals surface area contributed by atoms with Crippen LogP contribution in [0.5, 0.6) is 0 Å². The van der Waals surface area contributed by atoms with E-state index in [1.807, 2.05) is 6.07 Å². The van der Waals surface area contributed by atoms with E-state index in [1.165, 1.54) is 14.1 Å². The van der Waals surface area contributed by atoms with Gasteiger partial charge >= 0.3 is 0 Å². The molecule has 8 nitrogen and oxygen atoms in total. The number of nitrogens with two attached hydrogens (primary N) is 1. The van der Waals surface area contributed by atoms with Crippen LogP contribution in [0.4, 0.5) is 0 Å². The number of hydrogen-bond donors (Lipinski definition) is 2. The first-order valence-corrected chi connectivity index (χ1v) is 10.4. The van der Waals surface area contributed by atoms with E-state index in [-0.39, 0.29) is 23.9 Å². The van der Waals surface area contributed by atoms with Crippen LogP contribution in [-0.4, -0.2) is 43.2 Å². The number of carbonyl (C=O) groups excluding carboxylic acids is 2. The molecule has 9 heteroatoms. The Balaban J connectivity index is 2.10. The predicted octanol–water partition coefficient (Wildman–Crippen LogP) is 1.29. The number of amides is 2. The molecule has 0 unspecified atom stereocenters. The molecule has 3 N–H and O–H groups in total. The van der Waals surface area contributed by atoms with Gasteiger partial charge in [0.05, 0.1) is 10.6 Å². The topological polar surface area (TPSA) is 114 Å². The molecular weight excluding hydrogens is 392 g/mol. The lowest BCUT2D eigenvalue weighted by atomic mass is 10.0. The van der Waals surface area contributed by atoms with Crippen molar-refractivity contribution in [3.05, 3.63) is 53.6 Å². The first kappa shape index (κ1) is 19.2. The van der Waals surface area contributed by atoms with Crippen LogP contribution in [0.15, 0.2) is 47.4 Å². The van der Waals surface area contributed by atoms with E-state index in [2.05, 4.69) is 5.32 Å². The molecule has 0 bridgehead atoms. The molecule has 1 aromatic heterocycles. The van der Waals surface area contributed by atoms with E-state index in [9.17, 15) is 18.0 Å². The Morgan fingerprint density at radius 3 is 2.62 bits per heavy atom. The predicted molar refractivity (Wildman–Crippen MR) is 109 cm³/mol. The van der Waals surface area contributed by atoms with Crippen molar-refractivity contribution in [2.24, 2.45) is 5.73 Å². The summed E-state index contributed by atoms with van der Waals surface area (Å²) in [6.07, 6.45) is 0. The standard InChI is InChI=1S/C20H20N4O4S/c1-23(2)29(27,28)17-5-3-4-14-10-22-18(25)11-24-15-9-13(20(21)26)7-6-12(15)8-16(24)19(14)17/h3-9H,10-11H2,1-2H3,(H2,21,26)(H,22,25). The van der Waals surface area contributed by atoms with Gasteiger partial charge in [-0.3, -0.25) is 9.59 Å². The normalized spacial score (nSPS) is 14.1. The quantitative estimate of drug-likeness (QED) is 0.674. The Labute approximate surface area is 168 Å². The molecule has 1 aliphatic heterocycles. The number of rotatable bonds is 3. The Hall–Kier alpha value is -3.17. The minimum Gasteiger partial charge on any atom is -0.366 e. The van der Waals surface area contributed by atoms with Gasteiger partial charge in [-0.25, -0.2) is 12.7 Å². The van der Waals surface area contributed by atoms with Gasteiger partial charge in [-0.1, -0.05) is 18.2 Å². The van der Waals surface area contributed by atoms with Crippen LogP contribution < -0.4 is 11.1 Å². The van der Waals surface area contributed by atoms with Crippen molar-refractivity contribution < 1.29 is 18.0 Å². The molecule has 2 amide bonds. The van der Waals surface area contributed by atoms with Crippen LogP contribution in [0, 0.1) is 0 Å². The third-order valence-corrected chi connectivity index (χ3v) is 6.95. The van der Waals surface area contributed by atoms with E-state index >= 15 is 0 Å². The summed E-state index contributed by atoms with van der Waals surface area (Å²) in [5, 5.41) is 3.60. The fourth-order valence-electron chi connectivity index (χ4n) is 3.60. The third kappa shape index (κ3) is 3.08. The summed E-state index contributed by atoms with van der Waals surface area (Å²) in [4.78, 5) is 24.2. The number of hydrogen-bond acceptors (Lipinski definition) is 4. The summed E-state index contributed by atoms with van der Waals surface area (Å²) in [5.41, 5.74) is 8.20. The average molecular weight is 412 g/mol. The van der Waals surface area contributed by atoms with Gasteiger partial charge in [-0.2, -0.15) is 0 Å². The summed E-state index contributed by atoms with van der Waals surface area (Å²) < 4.78 is 28.9. The van der Waals surface area contributed by atoms with E-state index in [4.69, 9.17) is 5.73 Å². The maximum atomic E-state index is 13.0. The summed E-state index contributed by atoms with van der Waals surface area (Å²) in [6, 6.07) is 11.9. The van der Waals surface area contributed by atoms with Gasteiger partial charge in [-0.15, -0.1) is 0 Å². The zero-order chi connectivity index (χ0) is 20.9. The second-order valence-corrected chi connectivity index (χ2v) is 9.23. The summed E-state index contributed by atoms with van der Waals surface area (Å²) in [7, 11) is -0.768. The second-order valence-electron chi connectivity index (χ2n) is 7.11. The summed E-state index contributed by atoms with van der Waals surface area (Å²) >= 11 is 0. The number of sulfonamides is 1. The smallest absolute Gasteiger partial charge is 0.248 e. The van der Waals surface area contributed by atoms with Gasteiger partial charge < -0.3 is 15.6 Å². The van der Waals surface area contributed by atoms with E-state index < -0.39 is 15.9 Å². The number of nitrogens with zero attached hydrogens (tertiary/aromatic N) is 2. The van der Waals surface area contributed by atoms with Gasteiger partial charge in [0.25, 0.3) is 0 Å². The molecule has 2 heterocycles. The van der Waals surface area contributed by atoms with Crippen LogP contribution in [0.1, 0.15) is 15.9 Å². The number of primary amides is 1. The van der Waals surface area contributed by atoms with Crippen molar-refractivity contribution in [3.8, 4) is 11.3 Å². The fraction of sp³-hybridized carbons (Fsp3) is 0.200. The Kier molecular flexibility index (Phi) is 4.44. The molecule has 29 heavy (non-hydrogen) atoms. The van der Waals surface area contributed by atoms with Gasteiger partial charge in [0, 0.05) is 42.7 Å². The number of aromatic nitrogens is 1. The largest absolute Gasteiger partial charge is 0.366 e. The maximum Gasteiger partial charge on any atom is 0.248 e. The molecule has 3 aromatic rings. The molecule has 0 saturated carbocycles. The molecule has 0 radical (unpaired) electrons. The first-order chi connectivity index (χ1) is 13.7. The van der Waals surface area contributed by atoms with Crippen molar-refractivity contribution >= 4 is 32.7 Å². The average Bonchev–Trinajstić information content (AvgIpc) is 3.01. The number of nitrogens with one attached hydrogen (secondary N) is 1. The molecule has 0 spiro atoms. The highest BCUT2D eigenvalue weighted by Crippen LogP contribution is 2.37. The lowest BCUT2D eigenvalue weighted by molar-refractivity contribution is -0.121. The molecule has 0 atom stereocenters. The van der Waals surface area contributed by atoms with Crippen LogP contribution in [0.2, 0.25) is 0 Å². The maximum absolute atomic E-state index is 13.0. The zero-order valence-corrected chi connectivity index (χ0v) is 16.8. The molecule has 1 aliphatic rings. The number of benzene rings is 2. The van der Waals surface area contributed by atoms with Crippen molar-refractivity contribution in [2.45, 2.75) is 18.0 Å². The molecule has 0 fully saturated rings. The van der Waals surface area contributed by atoms with Gasteiger partial charge in [0.1, 0.15) is 6.54 Å². The van der Waals surface area contributed by atoms with Gasteiger partial charge in [0.2, 0.25) is 21.8 Å². The molecule has 4 rings (SSSR count).